The molecular formula is C37H51N7O6. The lowest BCUT2D eigenvalue weighted by molar-refractivity contribution is -0.146. The van der Waals surface area contributed by atoms with E-state index in [9.17, 15) is 28.8 Å². The summed E-state index contributed by atoms with van der Waals surface area (Å²) in [5.41, 5.74) is -0.653. The van der Waals surface area contributed by atoms with E-state index in [1.807, 2.05) is 27.7 Å². The fourth-order valence-corrected chi connectivity index (χ4v) is 8.36. The Labute approximate surface area is 293 Å². The zero-order valence-corrected chi connectivity index (χ0v) is 29.5. The molecule has 13 nitrogen and oxygen atoms in total. The number of hydrogen-bond acceptors (Lipinski definition) is 8. The third-order valence-electron chi connectivity index (χ3n) is 11.3. The normalized spacial score (nSPS) is 27.3. The number of amides is 5. The van der Waals surface area contributed by atoms with E-state index < -0.39 is 59.0 Å². The largest absolute Gasteiger partial charge is 0.347 e. The number of fused-ring (bicyclic) bond motifs is 4. The maximum absolute atomic E-state index is 14.7. The van der Waals surface area contributed by atoms with Gasteiger partial charge in [-0.3, -0.25) is 33.8 Å². The molecule has 8 atom stereocenters. The summed E-state index contributed by atoms with van der Waals surface area (Å²) in [6.07, 6.45) is 15.4. The average molecular weight is 690 g/mol. The Kier molecular flexibility index (Phi) is 10.4. The van der Waals surface area contributed by atoms with Gasteiger partial charge in [-0.25, -0.2) is 4.98 Å². The second kappa shape index (κ2) is 14.6. The number of Topliss-reactive ketones (excluding diaryl/α,β-unsaturated/α-hetero) is 1. The minimum absolute atomic E-state index is 0.00744. The average Bonchev–Trinajstić information content (AvgIpc) is 3.84. The van der Waals surface area contributed by atoms with E-state index in [1.165, 1.54) is 18.6 Å². The third-order valence-corrected chi connectivity index (χ3v) is 11.3. The van der Waals surface area contributed by atoms with E-state index in [0.717, 1.165) is 44.9 Å². The van der Waals surface area contributed by atoms with Gasteiger partial charge in [0, 0.05) is 30.9 Å². The minimum Gasteiger partial charge on any atom is -0.347 e. The first-order valence-corrected chi connectivity index (χ1v) is 18.4. The molecule has 4 N–H and O–H groups in total. The highest BCUT2D eigenvalue weighted by Crippen LogP contribution is 2.59. The number of hydrogen-bond donors (Lipinski definition) is 4. The van der Waals surface area contributed by atoms with Crippen molar-refractivity contribution >= 4 is 35.3 Å². The molecule has 0 spiro atoms. The SMILES string of the molecule is CCCC(NC(=O)[C@@H]1[C@H]2C3C=CC3[C@H]2CN1C(=O)[C@@H](NC(=O)[C@@H](NC(=O)c1cnccn1)C1CCCCC1)C(C)(C)C)C(=O)C(=O)NC1CC1. The van der Waals surface area contributed by atoms with Gasteiger partial charge in [0.05, 0.1) is 12.2 Å². The Hall–Kier alpha value is -4.16. The smallest absolute Gasteiger partial charge is 0.289 e. The van der Waals surface area contributed by atoms with Gasteiger partial charge in [-0.05, 0) is 61.2 Å². The van der Waals surface area contributed by atoms with E-state index in [0.29, 0.717) is 19.4 Å². The number of ketones is 1. The molecule has 1 saturated heterocycles. The molecule has 0 radical (unpaired) electrons. The lowest BCUT2D eigenvalue weighted by Crippen LogP contribution is -2.63. The summed E-state index contributed by atoms with van der Waals surface area (Å²) < 4.78 is 0. The molecule has 50 heavy (non-hydrogen) atoms. The second-order valence-corrected chi connectivity index (χ2v) is 15.9. The summed E-state index contributed by atoms with van der Waals surface area (Å²) in [6.45, 7) is 7.82. The Balaban J connectivity index is 1.22. The molecule has 13 heteroatoms. The van der Waals surface area contributed by atoms with Crippen molar-refractivity contribution in [1.82, 2.24) is 36.1 Å². The highest BCUT2D eigenvalue weighted by atomic mass is 16.2. The van der Waals surface area contributed by atoms with Crippen LogP contribution in [-0.4, -0.2) is 86.9 Å². The highest BCUT2D eigenvalue weighted by Gasteiger charge is 2.64. The summed E-state index contributed by atoms with van der Waals surface area (Å²) in [7, 11) is 0. The Morgan fingerprint density at radius 1 is 0.920 bits per heavy atom. The molecule has 6 rings (SSSR count). The van der Waals surface area contributed by atoms with Crippen LogP contribution < -0.4 is 21.3 Å². The van der Waals surface area contributed by atoms with Crippen molar-refractivity contribution in [2.45, 2.75) is 116 Å². The van der Waals surface area contributed by atoms with Gasteiger partial charge in [0.25, 0.3) is 11.8 Å². The second-order valence-electron chi connectivity index (χ2n) is 15.9. The molecule has 3 unspecified atom stereocenters. The third kappa shape index (κ3) is 7.32. The van der Waals surface area contributed by atoms with Crippen LogP contribution in [0.5, 0.6) is 0 Å². The molecule has 4 fully saturated rings. The number of allylic oxidation sites excluding steroid dienone is 2. The number of carbonyl (C=O) groups is 6. The van der Waals surface area contributed by atoms with Crippen molar-refractivity contribution in [3.05, 3.63) is 36.4 Å². The number of nitrogens with one attached hydrogen (secondary N) is 4. The van der Waals surface area contributed by atoms with Gasteiger partial charge in [-0.1, -0.05) is 65.5 Å². The summed E-state index contributed by atoms with van der Waals surface area (Å²) in [5, 5.41) is 11.5. The van der Waals surface area contributed by atoms with Crippen LogP contribution in [0.15, 0.2) is 30.7 Å². The van der Waals surface area contributed by atoms with Crippen LogP contribution >= 0.6 is 0 Å². The van der Waals surface area contributed by atoms with E-state index in [1.54, 1.807) is 4.90 Å². The van der Waals surface area contributed by atoms with Crippen molar-refractivity contribution in [2.75, 3.05) is 6.54 Å². The van der Waals surface area contributed by atoms with Crippen molar-refractivity contribution in [1.29, 1.82) is 0 Å². The van der Waals surface area contributed by atoms with Gasteiger partial charge in [-0.15, -0.1) is 0 Å². The van der Waals surface area contributed by atoms with Crippen molar-refractivity contribution < 1.29 is 28.8 Å². The van der Waals surface area contributed by atoms with Crippen LogP contribution in [0.4, 0.5) is 0 Å². The number of carbonyl (C=O) groups excluding carboxylic acids is 6. The highest BCUT2D eigenvalue weighted by molar-refractivity contribution is 6.38. The summed E-state index contributed by atoms with van der Waals surface area (Å²) in [4.78, 5) is 91.8. The predicted molar refractivity (Wildman–Crippen MR) is 183 cm³/mol. The quantitative estimate of drug-likeness (QED) is 0.180. The molecule has 4 aliphatic carbocycles. The molecule has 5 aliphatic rings. The Morgan fingerprint density at radius 2 is 1.64 bits per heavy atom. The fourth-order valence-electron chi connectivity index (χ4n) is 8.36. The molecule has 1 aliphatic heterocycles. The van der Waals surface area contributed by atoms with Crippen LogP contribution in [0.25, 0.3) is 0 Å². The van der Waals surface area contributed by atoms with Gasteiger partial charge < -0.3 is 26.2 Å². The molecule has 2 heterocycles. The monoisotopic (exact) mass is 689 g/mol. The van der Waals surface area contributed by atoms with Crippen molar-refractivity contribution in [3.63, 3.8) is 0 Å². The first kappa shape index (κ1) is 35.7. The number of likely N-dealkylation sites (tertiary alicyclic amines) is 1. The van der Waals surface area contributed by atoms with Crippen LogP contribution in [0.2, 0.25) is 0 Å². The zero-order chi connectivity index (χ0) is 35.7. The predicted octanol–water partition coefficient (Wildman–Crippen LogP) is 2.08. The topological polar surface area (TPSA) is 180 Å². The van der Waals surface area contributed by atoms with Gasteiger partial charge in [0.2, 0.25) is 23.5 Å². The van der Waals surface area contributed by atoms with E-state index in [2.05, 4.69) is 43.4 Å². The van der Waals surface area contributed by atoms with Crippen LogP contribution in [0, 0.1) is 35.0 Å². The first-order valence-electron chi connectivity index (χ1n) is 18.4. The lowest BCUT2D eigenvalue weighted by Gasteiger charge is -2.52. The molecule has 270 valence electrons. The number of rotatable bonds is 13. The molecular weight excluding hydrogens is 638 g/mol. The summed E-state index contributed by atoms with van der Waals surface area (Å²) in [5.74, 6) is -2.89. The molecule has 0 aromatic carbocycles. The maximum Gasteiger partial charge on any atom is 0.289 e. The summed E-state index contributed by atoms with van der Waals surface area (Å²) >= 11 is 0. The van der Waals surface area contributed by atoms with Crippen LogP contribution in [0.1, 0.15) is 96.0 Å². The minimum atomic E-state index is -1.01. The molecule has 1 aromatic rings. The fraction of sp³-hybridized carbons (Fsp3) is 0.676. The molecule has 5 amide bonds. The maximum atomic E-state index is 14.7. The van der Waals surface area contributed by atoms with E-state index in [-0.39, 0.29) is 47.2 Å². The van der Waals surface area contributed by atoms with Gasteiger partial charge in [0.1, 0.15) is 23.8 Å². The van der Waals surface area contributed by atoms with Crippen LogP contribution in [0.3, 0.4) is 0 Å². The van der Waals surface area contributed by atoms with Crippen molar-refractivity contribution in [3.8, 4) is 0 Å². The standard InChI is InChI=1S/C37H51N7O6/c1-5-9-25(30(45)35(49)40-21-12-13-21)41-34(48)29-27-23-15-14-22(23)24(27)19-44(29)36(50)31(37(2,3)4)43-33(47)28(20-10-7-6-8-11-20)42-32(46)26-18-38-16-17-39-26/h14-18,20-25,27-29,31H,5-13,19H2,1-4H3,(H,40,49)(H,41,48)(H,42,46)(H,43,47)/t22?,23?,24-,25?,27+,28+,29+,31-/m1/s1. The zero-order valence-electron chi connectivity index (χ0n) is 29.5. The van der Waals surface area contributed by atoms with Crippen molar-refractivity contribution in [2.24, 2.45) is 35.0 Å². The number of aromatic nitrogens is 2. The van der Waals surface area contributed by atoms with Gasteiger partial charge in [-0.2, -0.15) is 0 Å². The Bertz CT molecular complexity index is 1520. The summed E-state index contributed by atoms with van der Waals surface area (Å²) in [6, 6.07) is -3.75. The van der Waals surface area contributed by atoms with Gasteiger partial charge in [0.15, 0.2) is 0 Å². The molecule has 0 bridgehead atoms. The van der Waals surface area contributed by atoms with Crippen LogP contribution in [-0.2, 0) is 24.0 Å². The molecule has 1 aromatic heterocycles. The molecule has 3 saturated carbocycles. The van der Waals surface area contributed by atoms with E-state index in [4.69, 9.17) is 0 Å². The van der Waals surface area contributed by atoms with Gasteiger partial charge >= 0.3 is 0 Å². The number of nitrogens with zero attached hydrogens (tertiary/aromatic N) is 3. The lowest BCUT2D eigenvalue weighted by atomic mass is 9.51. The first-order chi connectivity index (χ1) is 23.9. The van der Waals surface area contributed by atoms with E-state index >= 15 is 0 Å². The Morgan fingerprint density at radius 3 is 2.24 bits per heavy atom.